The molecular weight excluding hydrogens is 317 g/mol. The van der Waals surface area contributed by atoms with Gasteiger partial charge in [-0.3, -0.25) is 9.36 Å². The Bertz CT molecular complexity index is 694. The van der Waals surface area contributed by atoms with Gasteiger partial charge in [0.15, 0.2) is 5.16 Å². The Morgan fingerprint density at radius 2 is 1.96 bits per heavy atom. The highest BCUT2D eigenvalue weighted by Gasteiger charge is 2.26. The predicted molar refractivity (Wildman–Crippen MR) is 86.4 cm³/mol. The number of aliphatic hydroxyl groups excluding tert-OH is 1. The summed E-state index contributed by atoms with van der Waals surface area (Å²) in [5.74, 6) is -0.438. The number of hydrogen-bond donors (Lipinski definition) is 1. The van der Waals surface area contributed by atoms with Crippen molar-refractivity contribution < 1.29 is 14.3 Å². The van der Waals surface area contributed by atoms with Crippen LogP contribution in [0.1, 0.15) is 23.3 Å². The van der Waals surface area contributed by atoms with Gasteiger partial charge in [-0.25, -0.2) is 9.37 Å². The van der Waals surface area contributed by atoms with E-state index in [1.165, 1.54) is 23.9 Å². The summed E-state index contributed by atoms with van der Waals surface area (Å²) in [6, 6.07) is 6.00. The number of rotatable bonds is 3. The first-order valence-corrected chi connectivity index (χ1v) is 8.67. The molecule has 0 bridgehead atoms. The monoisotopic (exact) mass is 335 g/mol. The zero-order chi connectivity index (χ0) is 16.4. The van der Waals surface area contributed by atoms with Crippen LogP contribution in [0.3, 0.4) is 0 Å². The van der Waals surface area contributed by atoms with Crippen molar-refractivity contribution in [1.82, 2.24) is 14.5 Å². The summed E-state index contributed by atoms with van der Waals surface area (Å²) in [6.45, 7) is 1.06. The van der Waals surface area contributed by atoms with Gasteiger partial charge in [0.05, 0.1) is 12.3 Å². The number of thioether (sulfide) groups is 1. The standard InChI is InChI=1S/C16H18FN3O2S/c1-23-16-18-10-14(15(22)19-8-6-13(21)7-9-19)20(16)12-4-2-11(17)3-5-12/h2-5,10,13,21H,6-9H2,1H3. The minimum atomic E-state index is -0.331. The molecule has 1 saturated heterocycles. The van der Waals surface area contributed by atoms with E-state index in [2.05, 4.69) is 4.98 Å². The summed E-state index contributed by atoms with van der Waals surface area (Å²) in [6.07, 6.45) is 4.29. The van der Waals surface area contributed by atoms with Crippen molar-refractivity contribution in [2.45, 2.75) is 24.1 Å². The zero-order valence-corrected chi connectivity index (χ0v) is 13.6. The van der Waals surface area contributed by atoms with Gasteiger partial charge in [-0.15, -0.1) is 0 Å². The second kappa shape index (κ2) is 6.72. The number of halogens is 1. The second-order valence-corrected chi connectivity index (χ2v) is 6.24. The van der Waals surface area contributed by atoms with Crippen LogP contribution in [0.15, 0.2) is 35.6 Å². The van der Waals surface area contributed by atoms with Crippen molar-refractivity contribution in [2.75, 3.05) is 19.3 Å². The van der Waals surface area contributed by atoms with Crippen molar-refractivity contribution >= 4 is 17.7 Å². The molecule has 23 heavy (non-hydrogen) atoms. The fourth-order valence-corrected chi connectivity index (χ4v) is 3.24. The molecule has 0 spiro atoms. The van der Waals surface area contributed by atoms with Crippen molar-refractivity contribution in [3.63, 3.8) is 0 Å². The first-order chi connectivity index (χ1) is 11.1. The predicted octanol–water partition coefficient (Wildman–Crippen LogP) is 2.33. The molecule has 0 atom stereocenters. The Labute approximate surface area is 138 Å². The maximum absolute atomic E-state index is 13.2. The number of benzene rings is 1. The minimum absolute atomic E-state index is 0.117. The van der Waals surface area contributed by atoms with E-state index in [0.29, 0.717) is 42.5 Å². The Hall–Kier alpha value is -1.86. The number of carbonyl (C=O) groups excluding carboxylic acids is 1. The van der Waals surface area contributed by atoms with Crippen LogP contribution in [0.5, 0.6) is 0 Å². The Morgan fingerprint density at radius 3 is 2.57 bits per heavy atom. The van der Waals surface area contributed by atoms with E-state index in [0.717, 1.165) is 0 Å². The molecule has 7 heteroatoms. The third-order valence-electron chi connectivity index (χ3n) is 3.97. The van der Waals surface area contributed by atoms with Crippen molar-refractivity contribution in [1.29, 1.82) is 0 Å². The average Bonchev–Trinajstić information content (AvgIpc) is 2.99. The normalized spacial score (nSPS) is 15.9. The fourth-order valence-electron chi connectivity index (χ4n) is 2.70. The Balaban J connectivity index is 1.95. The van der Waals surface area contributed by atoms with Crippen molar-refractivity contribution in [3.05, 3.63) is 42.0 Å². The number of amides is 1. The molecule has 0 unspecified atom stereocenters. The number of aromatic nitrogens is 2. The van der Waals surface area contributed by atoms with Gasteiger partial charge in [0.1, 0.15) is 11.5 Å². The maximum Gasteiger partial charge on any atom is 0.272 e. The van der Waals surface area contributed by atoms with Crippen molar-refractivity contribution in [2.24, 2.45) is 0 Å². The number of nitrogens with zero attached hydrogens (tertiary/aromatic N) is 3. The lowest BCUT2D eigenvalue weighted by atomic mass is 10.1. The maximum atomic E-state index is 13.2. The summed E-state index contributed by atoms with van der Waals surface area (Å²) >= 11 is 1.43. The summed E-state index contributed by atoms with van der Waals surface area (Å²) in [4.78, 5) is 18.8. The smallest absolute Gasteiger partial charge is 0.272 e. The molecule has 0 radical (unpaired) electrons. The first kappa shape index (κ1) is 16.0. The van der Waals surface area contributed by atoms with Crippen LogP contribution in [-0.4, -0.2) is 50.9 Å². The van der Waals surface area contributed by atoms with Crippen LogP contribution >= 0.6 is 11.8 Å². The van der Waals surface area contributed by atoms with Crippen LogP contribution in [0, 0.1) is 5.82 Å². The molecule has 1 aliphatic rings. The van der Waals surface area contributed by atoms with Crippen LogP contribution in [-0.2, 0) is 0 Å². The highest BCUT2D eigenvalue weighted by atomic mass is 32.2. The van der Waals surface area contributed by atoms with Crippen molar-refractivity contribution in [3.8, 4) is 5.69 Å². The average molecular weight is 335 g/mol. The summed E-state index contributed by atoms with van der Waals surface area (Å²) in [5, 5.41) is 10.3. The number of piperidine rings is 1. The quantitative estimate of drug-likeness (QED) is 0.875. The summed E-state index contributed by atoms with van der Waals surface area (Å²) in [5.41, 5.74) is 1.16. The molecule has 5 nitrogen and oxygen atoms in total. The lowest BCUT2D eigenvalue weighted by Gasteiger charge is -2.29. The molecule has 1 aromatic carbocycles. The van der Waals surface area contributed by atoms with Crippen LogP contribution in [0.4, 0.5) is 4.39 Å². The fraction of sp³-hybridized carbons (Fsp3) is 0.375. The van der Waals surface area contributed by atoms with Gasteiger partial charge in [0.25, 0.3) is 5.91 Å². The largest absolute Gasteiger partial charge is 0.393 e. The van der Waals surface area contributed by atoms with E-state index in [1.807, 2.05) is 6.26 Å². The zero-order valence-electron chi connectivity index (χ0n) is 12.8. The number of hydrogen-bond acceptors (Lipinski definition) is 4. The number of likely N-dealkylation sites (tertiary alicyclic amines) is 1. The van der Waals surface area contributed by atoms with E-state index in [1.54, 1.807) is 27.8 Å². The van der Waals surface area contributed by atoms with Gasteiger partial charge in [0, 0.05) is 18.8 Å². The topological polar surface area (TPSA) is 58.4 Å². The van der Waals surface area contributed by atoms with Gasteiger partial charge in [-0.1, -0.05) is 11.8 Å². The van der Waals surface area contributed by atoms with E-state index < -0.39 is 0 Å². The van der Waals surface area contributed by atoms with Gasteiger partial charge in [-0.2, -0.15) is 0 Å². The SMILES string of the molecule is CSc1ncc(C(=O)N2CCC(O)CC2)n1-c1ccc(F)cc1. The van der Waals surface area contributed by atoms with E-state index in [-0.39, 0.29) is 17.8 Å². The molecular formula is C16H18FN3O2S. The van der Waals surface area contributed by atoms with Crippen LogP contribution in [0.25, 0.3) is 5.69 Å². The molecule has 1 fully saturated rings. The molecule has 2 aromatic rings. The molecule has 0 saturated carbocycles. The molecule has 1 amide bonds. The molecule has 1 N–H and O–H groups in total. The molecule has 1 aliphatic heterocycles. The van der Waals surface area contributed by atoms with Crippen LogP contribution in [0.2, 0.25) is 0 Å². The number of imidazole rings is 1. The molecule has 3 rings (SSSR count). The number of aliphatic hydroxyl groups is 1. The third kappa shape index (κ3) is 3.25. The van der Waals surface area contributed by atoms with E-state index in [9.17, 15) is 14.3 Å². The summed E-state index contributed by atoms with van der Waals surface area (Å²) < 4.78 is 14.9. The highest BCUT2D eigenvalue weighted by Crippen LogP contribution is 2.24. The Morgan fingerprint density at radius 1 is 1.30 bits per heavy atom. The Kier molecular flexibility index (Phi) is 4.68. The number of carbonyl (C=O) groups is 1. The highest BCUT2D eigenvalue weighted by molar-refractivity contribution is 7.98. The molecule has 1 aromatic heterocycles. The first-order valence-electron chi connectivity index (χ1n) is 7.45. The second-order valence-electron chi connectivity index (χ2n) is 5.47. The van der Waals surface area contributed by atoms with E-state index >= 15 is 0 Å². The minimum Gasteiger partial charge on any atom is -0.393 e. The molecule has 122 valence electrons. The molecule has 0 aliphatic carbocycles. The van der Waals surface area contributed by atoms with E-state index in [4.69, 9.17) is 0 Å². The van der Waals surface area contributed by atoms with Gasteiger partial charge >= 0.3 is 0 Å². The summed E-state index contributed by atoms with van der Waals surface area (Å²) in [7, 11) is 0. The lowest BCUT2D eigenvalue weighted by molar-refractivity contribution is 0.0539. The van der Waals surface area contributed by atoms with Crippen LogP contribution < -0.4 is 0 Å². The molecule has 2 heterocycles. The van der Waals surface area contributed by atoms with Gasteiger partial charge in [-0.05, 0) is 43.4 Å². The lowest BCUT2D eigenvalue weighted by Crippen LogP contribution is -2.40. The third-order valence-corrected chi connectivity index (χ3v) is 4.62. The van der Waals surface area contributed by atoms with Gasteiger partial charge in [0.2, 0.25) is 0 Å². The van der Waals surface area contributed by atoms with Gasteiger partial charge < -0.3 is 10.0 Å².